The zero-order chi connectivity index (χ0) is 10.4. The molecule has 0 bridgehead atoms. The minimum atomic E-state index is -0.268. The van der Waals surface area contributed by atoms with Crippen molar-refractivity contribution in [3.05, 3.63) is 28.5 Å². The number of anilines is 1. The third-order valence-electron chi connectivity index (χ3n) is 1.71. The van der Waals surface area contributed by atoms with Gasteiger partial charge < -0.3 is 5.32 Å². The van der Waals surface area contributed by atoms with E-state index in [1.165, 1.54) is 12.1 Å². The molecule has 0 radical (unpaired) electrons. The molecule has 0 spiro atoms. The predicted octanol–water partition coefficient (Wildman–Crippen LogP) is 3.30. The lowest BCUT2D eigenvalue weighted by Gasteiger charge is -2.06. The molecule has 0 atom stereocenters. The molecule has 0 aliphatic rings. The van der Waals surface area contributed by atoms with Gasteiger partial charge in [0.05, 0.1) is 11.8 Å². The first-order valence-electron chi connectivity index (χ1n) is 4.30. The summed E-state index contributed by atoms with van der Waals surface area (Å²) in [4.78, 5) is 0. The molecule has 1 aromatic rings. The van der Waals surface area contributed by atoms with Gasteiger partial charge in [0.25, 0.3) is 0 Å². The number of rotatable bonds is 4. The molecule has 1 rings (SSSR count). The minimum Gasteiger partial charge on any atom is -0.384 e. The molecule has 0 saturated carbocycles. The molecule has 0 aromatic heterocycles. The Morgan fingerprint density at radius 2 is 2.29 bits per heavy atom. The summed E-state index contributed by atoms with van der Waals surface area (Å²) in [6.07, 6.45) is 1.28. The Balaban J connectivity index is 2.50. The van der Waals surface area contributed by atoms with Crippen molar-refractivity contribution >= 4 is 21.6 Å². The summed E-state index contributed by atoms with van der Waals surface area (Å²) in [5, 5.41) is 11.4. The van der Waals surface area contributed by atoms with E-state index < -0.39 is 0 Å². The van der Waals surface area contributed by atoms with Gasteiger partial charge in [0.2, 0.25) is 0 Å². The summed E-state index contributed by atoms with van der Waals surface area (Å²) in [7, 11) is 0. The van der Waals surface area contributed by atoms with Crippen LogP contribution in [0.25, 0.3) is 0 Å². The lowest BCUT2D eigenvalue weighted by Crippen LogP contribution is -2.01. The van der Waals surface area contributed by atoms with Crippen LogP contribution in [0, 0.1) is 17.1 Å². The maximum atomic E-state index is 12.8. The molecule has 1 N–H and O–H groups in total. The summed E-state index contributed by atoms with van der Waals surface area (Å²) in [5.41, 5.74) is 0.725. The van der Waals surface area contributed by atoms with Crippen molar-refractivity contribution in [2.24, 2.45) is 0 Å². The zero-order valence-corrected chi connectivity index (χ0v) is 9.14. The maximum Gasteiger partial charge on any atom is 0.125 e. The lowest BCUT2D eigenvalue weighted by molar-refractivity contribution is 0.628. The Morgan fingerprint density at radius 1 is 1.50 bits per heavy atom. The van der Waals surface area contributed by atoms with Gasteiger partial charge in [-0.1, -0.05) is 0 Å². The highest BCUT2D eigenvalue weighted by Crippen LogP contribution is 2.22. The van der Waals surface area contributed by atoms with Crippen LogP contribution in [0.1, 0.15) is 12.8 Å². The van der Waals surface area contributed by atoms with E-state index in [9.17, 15) is 4.39 Å². The van der Waals surface area contributed by atoms with Crippen LogP contribution in [0.4, 0.5) is 10.1 Å². The molecule has 0 unspecified atom stereocenters. The van der Waals surface area contributed by atoms with E-state index in [-0.39, 0.29) is 5.82 Å². The molecule has 0 saturated heterocycles. The number of halogens is 2. The summed E-state index contributed by atoms with van der Waals surface area (Å²) in [5.74, 6) is -0.268. The number of benzene rings is 1. The molecule has 0 aliphatic carbocycles. The van der Waals surface area contributed by atoms with Crippen LogP contribution >= 0.6 is 15.9 Å². The molecule has 1 aromatic carbocycles. The van der Waals surface area contributed by atoms with Gasteiger partial charge >= 0.3 is 0 Å². The Kier molecular flexibility index (Phi) is 4.41. The minimum absolute atomic E-state index is 0.268. The van der Waals surface area contributed by atoms with E-state index in [1.54, 1.807) is 6.07 Å². The predicted molar refractivity (Wildman–Crippen MR) is 57.4 cm³/mol. The van der Waals surface area contributed by atoms with E-state index >= 15 is 0 Å². The van der Waals surface area contributed by atoms with E-state index in [1.807, 2.05) is 0 Å². The molecule has 0 amide bonds. The normalized spacial score (nSPS) is 9.50. The average Bonchev–Trinajstić information content (AvgIpc) is 2.18. The topological polar surface area (TPSA) is 35.8 Å². The zero-order valence-electron chi connectivity index (χ0n) is 7.56. The van der Waals surface area contributed by atoms with Crippen molar-refractivity contribution in [1.29, 1.82) is 5.26 Å². The molecule has 0 aliphatic heterocycles. The van der Waals surface area contributed by atoms with Crippen LogP contribution in [0.3, 0.4) is 0 Å². The standard InChI is InChI=1S/C10H10BrFN2/c11-9-4-3-8(12)7-10(9)14-6-2-1-5-13/h3-4,7,14H,1-2,6H2. The van der Waals surface area contributed by atoms with E-state index in [0.29, 0.717) is 13.0 Å². The molecule has 4 heteroatoms. The molecule has 0 fully saturated rings. The SMILES string of the molecule is N#CCCCNc1cc(F)ccc1Br. The second-order valence-corrected chi connectivity index (χ2v) is 3.67. The Hall–Kier alpha value is -1.08. The first kappa shape index (κ1) is 11.0. The second kappa shape index (κ2) is 5.61. The highest BCUT2D eigenvalue weighted by atomic mass is 79.9. The highest BCUT2D eigenvalue weighted by Gasteiger charge is 2.00. The summed E-state index contributed by atoms with van der Waals surface area (Å²) in [6.45, 7) is 0.676. The summed E-state index contributed by atoms with van der Waals surface area (Å²) >= 11 is 3.31. The van der Waals surface area contributed by atoms with Crippen molar-refractivity contribution in [2.45, 2.75) is 12.8 Å². The fraction of sp³-hybridized carbons (Fsp3) is 0.300. The summed E-state index contributed by atoms with van der Waals surface area (Å²) < 4.78 is 13.6. The lowest BCUT2D eigenvalue weighted by atomic mass is 10.3. The molecular formula is C10H10BrFN2. The first-order valence-corrected chi connectivity index (χ1v) is 5.09. The van der Waals surface area contributed by atoms with Crippen molar-refractivity contribution in [1.82, 2.24) is 0 Å². The van der Waals surface area contributed by atoms with Crippen LogP contribution < -0.4 is 5.32 Å². The molecule has 74 valence electrons. The first-order chi connectivity index (χ1) is 6.74. The van der Waals surface area contributed by atoms with Gasteiger partial charge in [0.1, 0.15) is 5.82 Å². The van der Waals surface area contributed by atoms with Crippen molar-refractivity contribution in [2.75, 3.05) is 11.9 Å². The van der Waals surface area contributed by atoms with Gasteiger partial charge in [-0.25, -0.2) is 4.39 Å². The van der Waals surface area contributed by atoms with Crippen LogP contribution in [0.5, 0.6) is 0 Å². The maximum absolute atomic E-state index is 12.8. The van der Waals surface area contributed by atoms with Gasteiger partial charge in [-0.15, -0.1) is 0 Å². The Morgan fingerprint density at radius 3 is 3.00 bits per heavy atom. The third kappa shape index (κ3) is 3.35. The second-order valence-electron chi connectivity index (χ2n) is 2.81. The van der Waals surface area contributed by atoms with Gasteiger partial charge in [-0.3, -0.25) is 0 Å². The largest absolute Gasteiger partial charge is 0.384 e. The smallest absolute Gasteiger partial charge is 0.125 e. The number of nitriles is 1. The third-order valence-corrected chi connectivity index (χ3v) is 2.40. The number of hydrogen-bond acceptors (Lipinski definition) is 2. The van der Waals surface area contributed by atoms with Crippen LogP contribution in [-0.2, 0) is 0 Å². The van der Waals surface area contributed by atoms with Gasteiger partial charge in [-0.05, 0) is 40.5 Å². The molecule has 0 heterocycles. The van der Waals surface area contributed by atoms with Crippen LogP contribution in [-0.4, -0.2) is 6.54 Å². The average molecular weight is 257 g/mol. The monoisotopic (exact) mass is 256 g/mol. The van der Waals surface area contributed by atoms with E-state index in [4.69, 9.17) is 5.26 Å². The quantitative estimate of drug-likeness (QED) is 0.840. The fourth-order valence-electron chi connectivity index (χ4n) is 1.02. The number of unbranched alkanes of at least 4 members (excludes halogenated alkanes) is 1. The van der Waals surface area contributed by atoms with Gasteiger partial charge in [0.15, 0.2) is 0 Å². The van der Waals surface area contributed by atoms with E-state index in [2.05, 4.69) is 27.3 Å². The number of hydrogen-bond donors (Lipinski definition) is 1. The van der Waals surface area contributed by atoms with Gasteiger partial charge in [-0.2, -0.15) is 5.26 Å². The fourth-order valence-corrected chi connectivity index (χ4v) is 1.41. The summed E-state index contributed by atoms with van der Waals surface area (Å²) in [6, 6.07) is 6.53. The van der Waals surface area contributed by atoms with Crippen molar-refractivity contribution in [3.63, 3.8) is 0 Å². The van der Waals surface area contributed by atoms with Crippen molar-refractivity contribution < 1.29 is 4.39 Å². The van der Waals surface area contributed by atoms with Crippen LogP contribution in [0.15, 0.2) is 22.7 Å². The molecule has 14 heavy (non-hydrogen) atoms. The number of nitrogens with one attached hydrogen (secondary N) is 1. The van der Waals surface area contributed by atoms with Gasteiger partial charge in [0, 0.05) is 17.4 Å². The van der Waals surface area contributed by atoms with Crippen LogP contribution in [0.2, 0.25) is 0 Å². The molecule has 2 nitrogen and oxygen atoms in total. The van der Waals surface area contributed by atoms with E-state index in [0.717, 1.165) is 16.6 Å². The highest BCUT2D eigenvalue weighted by molar-refractivity contribution is 9.10. The Bertz CT molecular complexity index is 346. The van der Waals surface area contributed by atoms with Crippen molar-refractivity contribution in [3.8, 4) is 6.07 Å². The Labute approximate surface area is 90.9 Å². The number of nitrogens with zero attached hydrogens (tertiary/aromatic N) is 1. The molecular weight excluding hydrogens is 247 g/mol.